The fourth-order valence-electron chi connectivity index (χ4n) is 0.569. The highest BCUT2D eigenvalue weighted by atomic mass is 19.3. The number of halogens is 2. The van der Waals surface area contributed by atoms with E-state index in [1.54, 1.807) is 0 Å². The Balaban J connectivity index is 3.90. The zero-order valence-electron chi connectivity index (χ0n) is 7.10. The maximum absolute atomic E-state index is 12.6. The van der Waals surface area contributed by atoms with Gasteiger partial charge < -0.3 is 9.47 Å². The highest BCUT2D eigenvalue weighted by molar-refractivity contribution is 5.77. The van der Waals surface area contributed by atoms with Gasteiger partial charge >= 0.3 is 11.9 Å². The average molecular weight is 182 g/mol. The van der Waals surface area contributed by atoms with Crippen molar-refractivity contribution in [3.63, 3.8) is 0 Å². The van der Waals surface area contributed by atoms with Crippen LogP contribution in [0.4, 0.5) is 8.78 Å². The molecule has 0 unspecified atom stereocenters. The van der Waals surface area contributed by atoms with E-state index in [0.29, 0.717) is 0 Å². The van der Waals surface area contributed by atoms with Crippen molar-refractivity contribution in [2.24, 2.45) is 0 Å². The molecule has 0 fully saturated rings. The van der Waals surface area contributed by atoms with Gasteiger partial charge in [-0.2, -0.15) is 8.78 Å². The molecule has 5 heteroatoms. The third-order valence-electron chi connectivity index (χ3n) is 1.19. The Kier molecular flexibility index (Phi) is 4.73. The molecule has 3 nitrogen and oxygen atoms in total. The lowest BCUT2D eigenvalue weighted by molar-refractivity contribution is -0.173. The van der Waals surface area contributed by atoms with Crippen molar-refractivity contribution < 1.29 is 23.0 Å². The number of methoxy groups -OCH3 is 1. The first-order valence-electron chi connectivity index (χ1n) is 3.58. The first-order valence-corrected chi connectivity index (χ1v) is 3.58. The first-order chi connectivity index (χ1) is 5.54. The van der Waals surface area contributed by atoms with Crippen LogP contribution in [0.25, 0.3) is 0 Å². The molecule has 0 aromatic carbocycles. The lowest BCUT2D eigenvalue weighted by Gasteiger charge is -2.13. The predicted octanol–water partition coefficient (Wildman–Crippen LogP) is 1.22. The summed E-state index contributed by atoms with van der Waals surface area (Å²) >= 11 is 0. The molecule has 0 atom stereocenters. The minimum absolute atomic E-state index is 0.0403. The number of esters is 1. The molecule has 0 N–H and O–H groups in total. The lowest BCUT2D eigenvalue weighted by Crippen LogP contribution is -2.32. The van der Waals surface area contributed by atoms with Crippen LogP contribution in [0, 0.1) is 0 Å². The van der Waals surface area contributed by atoms with Crippen LogP contribution in [0.5, 0.6) is 0 Å². The lowest BCUT2D eigenvalue weighted by atomic mass is 10.2. The van der Waals surface area contributed by atoms with Gasteiger partial charge in [-0.15, -0.1) is 0 Å². The maximum atomic E-state index is 12.6. The monoisotopic (exact) mass is 182 g/mol. The predicted molar refractivity (Wildman–Crippen MR) is 38.1 cm³/mol. The number of rotatable bonds is 5. The van der Waals surface area contributed by atoms with Gasteiger partial charge in [0, 0.05) is 13.5 Å². The van der Waals surface area contributed by atoms with Crippen LogP contribution in [0.1, 0.15) is 13.3 Å². The number of hydrogen-bond acceptors (Lipinski definition) is 3. The molecule has 0 rings (SSSR count). The average Bonchev–Trinajstić information content (AvgIpc) is 2.01. The third kappa shape index (κ3) is 3.61. The summed E-state index contributed by atoms with van der Waals surface area (Å²) in [6, 6.07) is 0. The minimum atomic E-state index is -3.42. The van der Waals surface area contributed by atoms with Crippen LogP contribution in [-0.4, -0.2) is 32.2 Å². The molecule has 0 radical (unpaired) electrons. The zero-order valence-corrected chi connectivity index (χ0v) is 7.10. The zero-order chi connectivity index (χ0) is 9.61. The summed E-state index contributed by atoms with van der Waals surface area (Å²) in [5.74, 6) is -4.91. The van der Waals surface area contributed by atoms with E-state index in [1.807, 2.05) is 0 Å². The van der Waals surface area contributed by atoms with Gasteiger partial charge in [0.25, 0.3) is 0 Å². The molecule has 0 bridgehead atoms. The molecular formula is C7H12F2O3. The van der Waals surface area contributed by atoms with Gasteiger partial charge in [0.1, 0.15) is 0 Å². The Hall–Kier alpha value is -0.710. The summed E-state index contributed by atoms with van der Waals surface area (Å²) in [6.45, 7) is 1.28. The van der Waals surface area contributed by atoms with Crippen molar-refractivity contribution in [1.82, 2.24) is 0 Å². The van der Waals surface area contributed by atoms with E-state index in [0.717, 1.165) is 0 Å². The van der Waals surface area contributed by atoms with Gasteiger partial charge in [-0.3, -0.25) is 0 Å². The van der Waals surface area contributed by atoms with E-state index in [-0.39, 0.29) is 13.2 Å². The Morgan fingerprint density at radius 1 is 1.50 bits per heavy atom. The molecule has 0 aromatic heterocycles. The van der Waals surface area contributed by atoms with Gasteiger partial charge in [-0.05, 0) is 6.92 Å². The van der Waals surface area contributed by atoms with Crippen LogP contribution >= 0.6 is 0 Å². The maximum Gasteiger partial charge on any atom is 0.377 e. The number of hydrogen-bond donors (Lipinski definition) is 0. The third-order valence-corrected chi connectivity index (χ3v) is 1.19. The van der Waals surface area contributed by atoms with Crippen molar-refractivity contribution in [1.29, 1.82) is 0 Å². The molecule has 0 spiro atoms. The fraction of sp³-hybridized carbons (Fsp3) is 0.857. The minimum Gasteiger partial charge on any atom is -0.462 e. The normalized spacial score (nSPS) is 11.3. The van der Waals surface area contributed by atoms with Crippen LogP contribution in [0.2, 0.25) is 0 Å². The van der Waals surface area contributed by atoms with E-state index >= 15 is 0 Å². The van der Waals surface area contributed by atoms with Crippen molar-refractivity contribution >= 4 is 5.97 Å². The fourth-order valence-corrected chi connectivity index (χ4v) is 0.569. The van der Waals surface area contributed by atoms with Crippen LogP contribution in [-0.2, 0) is 14.3 Å². The van der Waals surface area contributed by atoms with E-state index in [9.17, 15) is 13.6 Å². The summed E-state index contributed by atoms with van der Waals surface area (Å²) < 4.78 is 33.9. The first kappa shape index (κ1) is 11.3. The molecule has 0 saturated carbocycles. The Labute approximate surface area is 69.6 Å². The summed E-state index contributed by atoms with van der Waals surface area (Å²) in [7, 11) is 1.29. The molecular weight excluding hydrogens is 170 g/mol. The molecule has 0 amide bonds. The number of carbonyl (C=O) groups excluding carboxylic acids is 1. The van der Waals surface area contributed by atoms with E-state index < -0.39 is 18.3 Å². The van der Waals surface area contributed by atoms with Crippen molar-refractivity contribution in [2.75, 3.05) is 20.3 Å². The molecule has 0 aliphatic rings. The quantitative estimate of drug-likeness (QED) is 0.600. The van der Waals surface area contributed by atoms with E-state index in [4.69, 9.17) is 0 Å². The summed E-state index contributed by atoms with van der Waals surface area (Å²) in [5, 5.41) is 0. The van der Waals surface area contributed by atoms with Gasteiger partial charge in [-0.1, -0.05) is 0 Å². The smallest absolute Gasteiger partial charge is 0.377 e. The number of alkyl halides is 2. The van der Waals surface area contributed by atoms with Gasteiger partial charge in [-0.25, -0.2) is 4.79 Å². The van der Waals surface area contributed by atoms with E-state index in [1.165, 1.54) is 14.0 Å². The van der Waals surface area contributed by atoms with Gasteiger partial charge in [0.05, 0.1) is 13.2 Å². The molecule has 0 heterocycles. The molecule has 72 valence electrons. The van der Waals surface area contributed by atoms with Gasteiger partial charge in [0.15, 0.2) is 0 Å². The van der Waals surface area contributed by atoms with Crippen LogP contribution in [0.3, 0.4) is 0 Å². The largest absolute Gasteiger partial charge is 0.462 e. The van der Waals surface area contributed by atoms with Crippen molar-refractivity contribution in [3.05, 3.63) is 0 Å². The topological polar surface area (TPSA) is 35.5 Å². The second kappa shape index (κ2) is 5.03. The second-order valence-electron chi connectivity index (χ2n) is 2.17. The summed E-state index contributed by atoms with van der Waals surface area (Å²) in [5.41, 5.74) is 0. The second-order valence-corrected chi connectivity index (χ2v) is 2.17. The Bertz CT molecular complexity index is 148. The highest BCUT2D eigenvalue weighted by Crippen LogP contribution is 2.19. The molecule has 0 aliphatic heterocycles. The Morgan fingerprint density at radius 2 is 2.08 bits per heavy atom. The standard InChI is InChI=1S/C7H12F2O3/c1-3-12-6(10)7(8,9)4-5-11-2/h3-5H2,1-2H3. The SMILES string of the molecule is CCOC(=O)C(F)(F)CCOC. The van der Waals surface area contributed by atoms with Crippen molar-refractivity contribution in [2.45, 2.75) is 19.3 Å². The Morgan fingerprint density at radius 3 is 2.50 bits per heavy atom. The van der Waals surface area contributed by atoms with Gasteiger partial charge in [0.2, 0.25) is 0 Å². The van der Waals surface area contributed by atoms with Crippen molar-refractivity contribution in [3.8, 4) is 0 Å². The van der Waals surface area contributed by atoms with Crippen LogP contribution in [0.15, 0.2) is 0 Å². The van der Waals surface area contributed by atoms with Crippen LogP contribution < -0.4 is 0 Å². The summed E-state index contributed by atoms with van der Waals surface area (Å²) in [6.07, 6.45) is -0.637. The summed E-state index contributed by atoms with van der Waals surface area (Å²) in [4.78, 5) is 10.5. The molecule has 0 aromatic rings. The number of carbonyl (C=O) groups is 1. The number of ether oxygens (including phenoxy) is 2. The van der Waals surface area contributed by atoms with E-state index in [2.05, 4.69) is 9.47 Å². The molecule has 12 heavy (non-hydrogen) atoms. The highest BCUT2D eigenvalue weighted by Gasteiger charge is 2.39. The molecule has 0 saturated heterocycles. The molecule has 0 aliphatic carbocycles.